The van der Waals surface area contributed by atoms with Crippen LogP contribution >= 0.6 is 15.9 Å². The Balaban J connectivity index is 1.67. The molecule has 0 aliphatic rings. The van der Waals surface area contributed by atoms with Crippen LogP contribution in [0.4, 0.5) is 0 Å². The third-order valence-electron chi connectivity index (χ3n) is 3.79. The van der Waals surface area contributed by atoms with Gasteiger partial charge in [-0.05, 0) is 63.8 Å². The Morgan fingerprint density at radius 3 is 2.52 bits per heavy atom. The lowest BCUT2D eigenvalue weighted by Gasteiger charge is -2.10. The fraction of sp³-hybridized carbons (Fsp3) is 0.263. The van der Waals surface area contributed by atoms with Crippen molar-refractivity contribution in [3.05, 3.63) is 58.4 Å². The lowest BCUT2D eigenvalue weighted by atomic mass is 10.0. The maximum atomic E-state index is 5.78. The number of hydrogen-bond donors (Lipinski definition) is 0. The molecule has 0 atom stereocenters. The average Bonchev–Trinajstić information content (AvgIpc) is 3.09. The highest BCUT2D eigenvalue weighted by atomic mass is 79.9. The van der Waals surface area contributed by atoms with Crippen LogP contribution in [-0.2, 0) is 6.61 Å². The number of halogens is 1. The van der Waals surface area contributed by atoms with Gasteiger partial charge in [0.25, 0.3) is 5.89 Å². The summed E-state index contributed by atoms with van der Waals surface area (Å²) in [6.07, 6.45) is 0. The molecule has 0 fully saturated rings. The maximum Gasteiger partial charge on any atom is 0.264 e. The van der Waals surface area contributed by atoms with E-state index in [1.807, 2.05) is 30.3 Å². The molecule has 0 bridgehead atoms. The first kappa shape index (κ1) is 17.5. The first-order chi connectivity index (χ1) is 12.1. The van der Waals surface area contributed by atoms with E-state index in [0.29, 0.717) is 17.6 Å². The van der Waals surface area contributed by atoms with Gasteiger partial charge in [0.1, 0.15) is 11.5 Å². The molecule has 1 aromatic heterocycles. The fourth-order valence-electron chi connectivity index (χ4n) is 2.30. The number of rotatable bonds is 6. The van der Waals surface area contributed by atoms with Crippen molar-refractivity contribution in [3.63, 3.8) is 0 Å². The number of methoxy groups -OCH3 is 1. The van der Waals surface area contributed by atoms with Gasteiger partial charge in [-0.15, -0.1) is 0 Å². The van der Waals surface area contributed by atoms with Crippen molar-refractivity contribution in [2.24, 2.45) is 0 Å². The molecule has 0 unspecified atom stereocenters. The molecule has 0 aliphatic heterocycles. The number of aromatic nitrogens is 2. The van der Waals surface area contributed by atoms with Gasteiger partial charge in [0.2, 0.25) is 5.82 Å². The molecular formula is C19H19BrN2O3. The van der Waals surface area contributed by atoms with Gasteiger partial charge in [-0.3, -0.25) is 0 Å². The SMILES string of the molecule is COc1ccc(-c2noc(COc3ccc(C(C)C)cc3Br)n2)cc1. The Bertz CT molecular complexity index is 844. The van der Waals surface area contributed by atoms with Gasteiger partial charge in [-0.25, -0.2) is 0 Å². The second kappa shape index (κ2) is 7.70. The zero-order valence-electron chi connectivity index (χ0n) is 14.3. The summed E-state index contributed by atoms with van der Waals surface area (Å²) in [5.74, 6) is 2.94. The van der Waals surface area contributed by atoms with Crippen molar-refractivity contribution in [2.75, 3.05) is 7.11 Å². The second-order valence-corrected chi connectivity index (χ2v) is 6.73. The molecule has 1 heterocycles. The minimum atomic E-state index is 0.211. The van der Waals surface area contributed by atoms with Crippen molar-refractivity contribution in [1.29, 1.82) is 0 Å². The lowest BCUT2D eigenvalue weighted by Crippen LogP contribution is -1.97. The van der Waals surface area contributed by atoms with Gasteiger partial charge in [0.15, 0.2) is 6.61 Å². The Labute approximate surface area is 155 Å². The minimum Gasteiger partial charge on any atom is -0.497 e. The molecule has 0 saturated heterocycles. The van der Waals surface area contributed by atoms with Crippen LogP contribution in [0.5, 0.6) is 11.5 Å². The van der Waals surface area contributed by atoms with E-state index in [9.17, 15) is 0 Å². The molecule has 5 nitrogen and oxygen atoms in total. The molecule has 130 valence electrons. The summed E-state index contributed by atoms with van der Waals surface area (Å²) < 4.78 is 17.1. The number of nitrogens with zero attached hydrogens (tertiary/aromatic N) is 2. The molecule has 0 radical (unpaired) electrons. The largest absolute Gasteiger partial charge is 0.497 e. The van der Waals surface area contributed by atoms with E-state index >= 15 is 0 Å². The predicted molar refractivity (Wildman–Crippen MR) is 98.8 cm³/mol. The number of hydrogen-bond acceptors (Lipinski definition) is 5. The standard InChI is InChI=1S/C19H19BrN2O3/c1-12(2)14-6-9-17(16(20)10-14)24-11-18-21-19(22-25-18)13-4-7-15(23-3)8-5-13/h4-10,12H,11H2,1-3H3. The lowest BCUT2D eigenvalue weighted by molar-refractivity contribution is 0.241. The van der Waals surface area contributed by atoms with Crippen molar-refractivity contribution >= 4 is 15.9 Å². The quantitative estimate of drug-likeness (QED) is 0.566. The van der Waals surface area contributed by atoms with E-state index in [1.54, 1.807) is 7.11 Å². The Hall–Kier alpha value is -2.34. The Morgan fingerprint density at radius 2 is 1.88 bits per heavy atom. The molecule has 2 aromatic carbocycles. The molecule has 3 rings (SSSR count). The molecule has 25 heavy (non-hydrogen) atoms. The zero-order chi connectivity index (χ0) is 17.8. The van der Waals surface area contributed by atoms with E-state index in [2.05, 4.69) is 52.1 Å². The van der Waals surface area contributed by atoms with Crippen LogP contribution in [0.1, 0.15) is 31.2 Å². The van der Waals surface area contributed by atoms with Crippen LogP contribution in [-0.4, -0.2) is 17.3 Å². The highest BCUT2D eigenvalue weighted by Gasteiger charge is 2.11. The molecule has 0 amide bonds. The zero-order valence-corrected chi connectivity index (χ0v) is 15.9. The van der Waals surface area contributed by atoms with E-state index in [0.717, 1.165) is 21.5 Å². The maximum absolute atomic E-state index is 5.78. The van der Waals surface area contributed by atoms with Crippen LogP contribution < -0.4 is 9.47 Å². The van der Waals surface area contributed by atoms with Crippen molar-refractivity contribution in [1.82, 2.24) is 10.1 Å². The Kier molecular flexibility index (Phi) is 5.38. The highest BCUT2D eigenvalue weighted by Crippen LogP contribution is 2.29. The van der Waals surface area contributed by atoms with Gasteiger partial charge in [0, 0.05) is 5.56 Å². The van der Waals surface area contributed by atoms with Gasteiger partial charge < -0.3 is 14.0 Å². The van der Waals surface area contributed by atoms with E-state index in [4.69, 9.17) is 14.0 Å². The molecule has 6 heteroatoms. The van der Waals surface area contributed by atoms with E-state index < -0.39 is 0 Å². The first-order valence-corrected chi connectivity index (χ1v) is 8.75. The summed E-state index contributed by atoms with van der Waals surface area (Å²) >= 11 is 3.54. The molecule has 0 saturated carbocycles. The van der Waals surface area contributed by atoms with Gasteiger partial charge in [0.05, 0.1) is 11.6 Å². The van der Waals surface area contributed by atoms with Crippen molar-refractivity contribution in [3.8, 4) is 22.9 Å². The summed E-state index contributed by atoms with van der Waals surface area (Å²) in [6.45, 7) is 4.52. The van der Waals surface area contributed by atoms with Crippen LogP contribution in [0.25, 0.3) is 11.4 Å². The van der Waals surface area contributed by atoms with E-state index in [-0.39, 0.29) is 6.61 Å². The summed E-state index contributed by atoms with van der Waals surface area (Å²) in [4.78, 5) is 4.37. The predicted octanol–water partition coefficient (Wildman–Crippen LogP) is 5.21. The summed E-state index contributed by atoms with van der Waals surface area (Å²) in [5.41, 5.74) is 2.11. The van der Waals surface area contributed by atoms with Crippen molar-refractivity contribution < 1.29 is 14.0 Å². The molecule has 0 spiro atoms. The highest BCUT2D eigenvalue weighted by molar-refractivity contribution is 9.10. The van der Waals surface area contributed by atoms with Crippen LogP contribution in [0.3, 0.4) is 0 Å². The minimum absolute atomic E-state index is 0.211. The third kappa shape index (κ3) is 4.20. The smallest absolute Gasteiger partial charge is 0.264 e. The Morgan fingerprint density at radius 1 is 1.12 bits per heavy atom. The number of ether oxygens (including phenoxy) is 2. The fourth-order valence-corrected chi connectivity index (χ4v) is 2.81. The number of benzene rings is 2. The molecule has 0 N–H and O–H groups in total. The van der Waals surface area contributed by atoms with E-state index in [1.165, 1.54) is 5.56 Å². The molecule has 0 aliphatic carbocycles. The molecule has 3 aromatic rings. The first-order valence-electron chi connectivity index (χ1n) is 7.96. The normalized spacial score (nSPS) is 10.9. The second-order valence-electron chi connectivity index (χ2n) is 5.87. The van der Waals surface area contributed by atoms with Gasteiger partial charge in [-0.2, -0.15) is 4.98 Å². The summed E-state index contributed by atoms with van der Waals surface area (Å²) in [5, 5.41) is 4.00. The van der Waals surface area contributed by atoms with Crippen LogP contribution in [0, 0.1) is 0 Å². The van der Waals surface area contributed by atoms with Gasteiger partial charge in [-0.1, -0.05) is 25.1 Å². The topological polar surface area (TPSA) is 57.4 Å². The molecular weight excluding hydrogens is 384 g/mol. The van der Waals surface area contributed by atoms with Gasteiger partial charge >= 0.3 is 0 Å². The summed E-state index contributed by atoms with van der Waals surface area (Å²) in [6, 6.07) is 13.5. The van der Waals surface area contributed by atoms with Crippen LogP contribution in [0.15, 0.2) is 51.5 Å². The monoisotopic (exact) mass is 402 g/mol. The third-order valence-corrected chi connectivity index (χ3v) is 4.41. The average molecular weight is 403 g/mol. The summed E-state index contributed by atoms with van der Waals surface area (Å²) in [7, 11) is 1.63. The van der Waals surface area contributed by atoms with Crippen molar-refractivity contribution in [2.45, 2.75) is 26.4 Å². The van der Waals surface area contributed by atoms with Crippen LogP contribution in [0.2, 0.25) is 0 Å².